The number of aromatic nitrogens is 1. The van der Waals surface area contributed by atoms with E-state index in [1.54, 1.807) is 12.1 Å². The smallest absolute Gasteiger partial charge is 0.392 e. The average Bonchev–Trinajstić information content (AvgIpc) is 2.40. The second-order valence-corrected chi connectivity index (χ2v) is 5.34. The molecule has 0 saturated carbocycles. The Hall–Kier alpha value is -1.24. The zero-order chi connectivity index (χ0) is 14.8. The maximum absolute atomic E-state index is 12.9. The van der Waals surface area contributed by atoms with Crippen LogP contribution in [0.2, 0.25) is 5.02 Å². The molecule has 0 aliphatic heterocycles. The maximum atomic E-state index is 12.9. The van der Waals surface area contributed by atoms with Gasteiger partial charge in [0.15, 0.2) is 0 Å². The number of hydrogen-bond acceptors (Lipinski definition) is 3. The van der Waals surface area contributed by atoms with E-state index in [-0.39, 0.29) is 5.56 Å². The van der Waals surface area contributed by atoms with Gasteiger partial charge in [0.05, 0.1) is 17.2 Å². The molecule has 20 heavy (non-hydrogen) atoms. The molecular weight excluding hydrogens is 311 g/mol. The van der Waals surface area contributed by atoms with Gasteiger partial charge in [0.2, 0.25) is 0 Å². The SMILES string of the molecule is OCc1ccc(Sc2ncccc2Cl)cc1C(F)(F)F. The van der Waals surface area contributed by atoms with Crippen LogP contribution in [0, 0.1) is 0 Å². The van der Waals surface area contributed by atoms with E-state index in [2.05, 4.69) is 4.98 Å². The molecule has 0 aliphatic rings. The Morgan fingerprint density at radius 3 is 2.60 bits per heavy atom. The number of hydrogen-bond donors (Lipinski definition) is 1. The first-order valence-corrected chi connectivity index (χ1v) is 6.70. The van der Waals surface area contributed by atoms with Gasteiger partial charge in [0.1, 0.15) is 5.03 Å². The van der Waals surface area contributed by atoms with Gasteiger partial charge in [-0.05, 0) is 29.8 Å². The van der Waals surface area contributed by atoms with E-state index in [1.165, 1.54) is 18.3 Å². The van der Waals surface area contributed by atoms with Crippen LogP contribution in [0.25, 0.3) is 0 Å². The molecule has 0 radical (unpaired) electrons. The lowest BCUT2D eigenvalue weighted by atomic mass is 10.1. The van der Waals surface area contributed by atoms with Gasteiger partial charge in [-0.2, -0.15) is 13.2 Å². The van der Waals surface area contributed by atoms with E-state index >= 15 is 0 Å². The van der Waals surface area contributed by atoms with Crippen molar-refractivity contribution in [3.05, 3.63) is 52.7 Å². The van der Waals surface area contributed by atoms with Crippen LogP contribution in [-0.2, 0) is 12.8 Å². The highest BCUT2D eigenvalue weighted by Gasteiger charge is 2.33. The Bertz CT molecular complexity index is 619. The van der Waals surface area contributed by atoms with Crippen molar-refractivity contribution in [2.45, 2.75) is 22.7 Å². The summed E-state index contributed by atoms with van der Waals surface area (Å²) in [5, 5.41) is 9.77. The van der Waals surface area contributed by atoms with Gasteiger partial charge in [-0.15, -0.1) is 0 Å². The first-order valence-electron chi connectivity index (χ1n) is 5.51. The monoisotopic (exact) mass is 319 g/mol. The van der Waals surface area contributed by atoms with Crippen LogP contribution in [-0.4, -0.2) is 10.1 Å². The third-order valence-corrected chi connectivity index (χ3v) is 3.92. The number of aliphatic hydroxyl groups is 1. The highest BCUT2D eigenvalue weighted by atomic mass is 35.5. The van der Waals surface area contributed by atoms with E-state index in [0.29, 0.717) is 14.9 Å². The summed E-state index contributed by atoms with van der Waals surface area (Å²) >= 11 is 6.96. The lowest BCUT2D eigenvalue weighted by Gasteiger charge is -2.13. The molecule has 0 unspecified atom stereocenters. The predicted octanol–water partition coefficient (Wildman–Crippen LogP) is 4.40. The summed E-state index contributed by atoms with van der Waals surface area (Å²) in [6.45, 7) is -0.663. The van der Waals surface area contributed by atoms with Gasteiger partial charge in [0.25, 0.3) is 0 Å². The molecule has 0 amide bonds. The van der Waals surface area contributed by atoms with E-state index in [9.17, 15) is 13.2 Å². The summed E-state index contributed by atoms with van der Waals surface area (Å²) in [7, 11) is 0. The molecule has 0 aliphatic carbocycles. The molecule has 0 spiro atoms. The van der Waals surface area contributed by atoms with Crippen molar-refractivity contribution in [2.75, 3.05) is 0 Å². The topological polar surface area (TPSA) is 33.1 Å². The Balaban J connectivity index is 2.37. The molecule has 0 saturated heterocycles. The van der Waals surface area contributed by atoms with Crippen molar-refractivity contribution < 1.29 is 18.3 Å². The third-order valence-electron chi connectivity index (χ3n) is 2.50. The second-order valence-electron chi connectivity index (χ2n) is 3.87. The van der Waals surface area contributed by atoms with Gasteiger partial charge in [-0.25, -0.2) is 4.98 Å². The van der Waals surface area contributed by atoms with Gasteiger partial charge in [0, 0.05) is 11.1 Å². The van der Waals surface area contributed by atoms with E-state index in [4.69, 9.17) is 16.7 Å². The molecule has 2 aromatic rings. The summed E-state index contributed by atoms with van der Waals surface area (Å²) < 4.78 is 38.6. The van der Waals surface area contributed by atoms with Crippen LogP contribution in [0.15, 0.2) is 46.5 Å². The van der Waals surface area contributed by atoms with Gasteiger partial charge < -0.3 is 5.11 Å². The fraction of sp³-hybridized carbons (Fsp3) is 0.154. The molecule has 106 valence electrons. The normalized spacial score (nSPS) is 11.7. The number of alkyl halides is 3. The molecule has 2 rings (SSSR count). The standard InChI is InChI=1S/C13H9ClF3NOS/c14-11-2-1-5-18-12(11)20-9-4-3-8(7-19)10(6-9)13(15,16)17/h1-6,19H,7H2. The Morgan fingerprint density at radius 1 is 1.25 bits per heavy atom. The molecule has 2 nitrogen and oxygen atoms in total. The number of aliphatic hydroxyl groups excluding tert-OH is 1. The first-order chi connectivity index (χ1) is 9.41. The second kappa shape index (κ2) is 6.03. The van der Waals surface area contributed by atoms with Crippen molar-refractivity contribution >= 4 is 23.4 Å². The largest absolute Gasteiger partial charge is 0.416 e. The number of halogens is 4. The van der Waals surface area contributed by atoms with Gasteiger partial charge >= 0.3 is 6.18 Å². The van der Waals surface area contributed by atoms with Crippen molar-refractivity contribution in [1.29, 1.82) is 0 Å². The minimum absolute atomic E-state index is 0.158. The molecule has 0 bridgehead atoms. The first kappa shape index (κ1) is 15.2. The van der Waals surface area contributed by atoms with Crippen LogP contribution in [0.4, 0.5) is 13.2 Å². The number of rotatable bonds is 3. The molecule has 0 atom stereocenters. The van der Waals surface area contributed by atoms with Gasteiger partial charge in [-0.1, -0.05) is 29.4 Å². The highest BCUT2D eigenvalue weighted by Crippen LogP contribution is 2.37. The molecular formula is C13H9ClF3NOS. The predicted molar refractivity (Wildman–Crippen MR) is 70.7 cm³/mol. The van der Waals surface area contributed by atoms with Crippen LogP contribution in [0.1, 0.15) is 11.1 Å². The molecule has 1 heterocycles. The number of benzene rings is 1. The fourth-order valence-electron chi connectivity index (χ4n) is 1.58. The van der Waals surface area contributed by atoms with Crippen molar-refractivity contribution in [3.63, 3.8) is 0 Å². The molecule has 0 fully saturated rings. The number of pyridine rings is 1. The molecule has 7 heteroatoms. The fourth-order valence-corrected chi connectivity index (χ4v) is 2.63. The van der Waals surface area contributed by atoms with Crippen LogP contribution >= 0.6 is 23.4 Å². The summed E-state index contributed by atoms with van der Waals surface area (Å²) in [5.74, 6) is 0. The van der Waals surface area contributed by atoms with Crippen molar-refractivity contribution in [1.82, 2.24) is 4.98 Å². The van der Waals surface area contributed by atoms with Crippen LogP contribution < -0.4 is 0 Å². The van der Waals surface area contributed by atoms with Crippen molar-refractivity contribution in [3.8, 4) is 0 Å². The third kappa shape index (κ3) is 3.45. The lowest BCUT2D eigenvalue weighted by Crippen LogP contribution is -2.09. The van der Waals surface area contributed by atoms with Crippen LogP contribution in [0.5, 0.6) is 0 Å². The summed E-state index contributed by atoms with van der Waals surface area (Å²) in [5.41, 5.74) is -1.01. The Kier molecular flexibility index (Phi) is 4.57. The highest BCUT2D eigenvalue weighted by molar-refractivity contribution is 7.99. The minimum atomic E-state index is -4.51. The van der Waals surface area contributed by atoms with E-state index < -0.39 is 18.3 Å². The molecule has 1 aromatic heterocycles. The van der Waals surface area contributed by atoms with E-state index in [0.717, 1.165) is 17.8 Å². The molecule has 1 aromatic carbocycles. The average molecular weight is 320 g/mol. The summed E-state index contributed by atoms with van der Waals surface area (Å²) in [4.78, 5) is 4.36. The van der Waals surface area contributed by atoms with E-state index in [1.807, 2.05) is 0 Å². The molecule has 1 N–H and O–H groups in total. The Morgan fingerprint density at radius 2 is 2.00 bits per heavy atom. The number of nitrogens with zero attached hydrogens (tertiary/aromatic N) is 1. The van der Waals surface area contributed by atoms with Crippen LogP contribution in [0.3, 0.4) is 0 Å². The summed E-state index contributed by atoms with van der Waals surface area (Å²) in [6.07, 6.45) is -3.00. The van der Waals surface area contributed by atoms with Gasteiger partial charge in [-0.3, -0.25) is 0 Å². The Labute approximate surface area is 122 Å². The minimum Gasteiger partial charge on any atom is -0.392 e. The maximum Gasteiger partial charge on any atom is 0.416 e. The lowest BCUT2D eigenvalue weighted by molar-refractivity contribution is -0.138. The quantitative estimate of drug-likeness (QED) is 0.910. The van der Waals surface area contributed by atoms with Crippen molar-refractivity contribution in [2.24, 2.45) is 0 Å². The zero-order valence-corrected chi connectivity index (χ0v) is 11.6. The summed E-state index contributed by atoms with van der Waals surface area (Å²) in [6, 6.07) is 6.99. The zero-order valence-electron chi connectivity index (χ0n) is 9.99.